The summed E-state index contributed by atoms with van der Waals surface area (Å²) >= 11 is 1.21. The van der Waals surface area contributed by atoms with E-state index in [2.05, 4.69) is 19.2 Å². The number of amides is 1. The van der Waals surface area contributed by atoms with Crippen LogP contribution in [0, 0.1) is 5.92 Å². The summed E-state index contributed by atoms with van der Waals surface area (Å²) in [6, 6.07) is 8.54. The average molecular weight is 383 g/mol. The Morgan fingerprint density at radius 3 is 2.62 bits per heavy atom. The van der Waals surface area contributed by atoms with Gasteiger partial charge in [-0.15, -0.1) is 11.3 Å². The molecule has 0 spiro atoms. The van der Waals surface area contributed by atoms with E-state index in [-0.39, 0.29) is 5.91 Å². The van der Waals surface area contributed by atoms with Crippen molar-refractivity contribution < 1.29 is 18.0 Å². The minimum absolute atomic E-state index is 0.164. The van der Waals surface area contributed by atoms with Crippen LogP contribution in [0.4, 0.5) is 13.2 Å². The van der Waals surface area contributed by atoms with E-state index < -0.39 is 11.7 Å². The van der Waals surface area contributed by atoms with Crippen LogP contribution in [0.5, 0.6) is 0 Å². The van der Waals surface area contributed by atoms with Crippen molar-refractivity contribution in [2.24, 2.45) is 5.92 Å². The van der Waals surface area contributed by atoms with Crippen LogP contribution in [0.1, 0.15) is 54.8 Å². The molecular formula is C20H24F3NOS. The first-order valence-electron chi connectivity index (χ1n) is 8.90. The van der Waals surface area contributed by atoms with E-state index in [9.17, 15) is 18.0 Å². The number of hydrogen-bond acceptors (Lipinski definition) is 2. The van der Waals surface area contributed by atoms with Crippen molar-refractivity contribution in [3.05, 3.63) is 46.8 Å². The van der Waals surface area contributed by atoms with Crippen LogP contribution in [0.25, 0.3) is 10.4 Å². The van der Waals surface area contributed by atoms with Crippen molar-refractivity contribution in [3.8, 4) is 10.4 Å². The molecule has 1 unspecified atom stereocenters. The summed E-state index contributed by atoms with van der Waals surface area (Å²) in [6.45, 7) is 4.89. The Kier molecular flexibility index (Phi) is 7.26. The maximum absolute atomic E-state index is 12.9. The fourth-order valence-electron chi connectivity index (χ4n) is 2.73. The molecule has 1 atom stereocenters. The second-order valence-electron chi connectivity index (χ2n) is 6.37. The molecule has 26 heavy (non-hydrogen) atoms. The lowest BCUT2D eigenvalue weighted by Crippen LogP contribution is -2.28. The minimum atomic E-state index is -4.37. The van der Waals surface area contributed by atoms with Crippen molar-refractivity contribution in [2.45, 2.75) is 45.7 Å². The summed E-state index contributed by atoms with van der Waals surface area (Å²) in [6.07, 6.45) is 0.0112. The van der Waals surface area contributed by atoms with Crippen LogP contribution in [-0.4, -0.2) is 12.5 Å². The van der Waals surface area contributed by atoms with Crippen LogP contribution in [0.15, 0.2) is 36.4 Å². The van der Waals surface area contributed by atoms with Gasteiger partial charge in [-0.05, 0) is 42.2 Å². The molecule has 0 radical (unpaired) electrons. The van der Waals surface area contributed by atoms with Gasteiger partial charge in [-0.1, -0.05) is 45.2 Å². The minimum Gasteiger partial charge on any atom is -0.351 e. The lowest BCUT2D eigenvalue weighted by Gasteiger charge is -2.14. The molecule has 0 aliphatic rings. The SMILES string of the molecule is CCCCC(CC)CNC(=O)c1ccc(-c2cccc(C(F)(F)F)c2)s1. The summed E-state index contributed by atoms with van der Waals surface area (Å²) < 4.78 is 38.6. The Morgan fingerprint density at radius 1 is 1.19 bits per heavy atom. The van der Waals surface area contributed by atoms with Gasteiger partial charge in [-0.25, -0.2) is 0 Å². The zero-order valence-corrected chi connectivity index (χ0v) is 15.8. The molecule has 6 heteroatoms. The fourth-order valence-corrected chi connectivity index (χ4v) is 3.65. The summed E-state index contributed by atoms with van der Waals surface area (Å²) in [4.78, 5) is 13.5. The largest absolute Gasteiger partial charge is 0.416 e. The first-order chi connectivity index (χ1) is 12.3. The Balaban J connectivity index is 2.04. The molecule has 0 saturated heterocycles. The molecule has 1 heterocycles. The molecule has 142 valence electrons. The third-order valence-electron chi connectivity index (χ3n) is 4.40. The number of alkyl halides is 3. The highest BCUT2D eigenvalue weighted by molar-refractivity contribution is 7.17. The first kappa shape index (κ1) is 20.5. The Bertz CT molecular complexity index is 724. The summed E-state index contributed by atoms with van der Waals surface area (Å²) in [7, 11) is 0. The van der Waals surface area contributed by atoms with Crippen LogP contribution in [-0.2, 0) is 6.18 Å². The number of thiophene rings is 1. The number of carbonyl (C=O) groups excluding carboxylic acids is 1. The molecule has 1 N–H and O–H groups in total. The van der Waals surface area contributed by atoms with E-state index in [0.717, 1.165) is 37.8 Å². The van der Waals surface area contributed by atoms with Crippen LogP contribution < -0.4 is 5.32 Å². The van der Waals surface area contributed by atoms with Gasteiger partial charge in [0, 0.05) is 11.4 Å². The van der Waals surface area contributed by atoms with Gasteiger partial charge in [0.05, 0.1) is 10.4 Å². The number of benzene rings is 1. The molecule has 0 saturated carbocycles. The van der Waals surface area contributed by atoms with Crippen molar-refractivity contribution >= 4 is 17.2 Å². The van der Waals surface area contributed by atoms with Crippen molar-refractivity contribution in [2.75, 3.05) is 6.54 Å². The van der Waals surface area contributed by atoms with E-state index >= 15 is 0 Å². The van der Waals surface area contributed by atoms with Crippen molar-refractivity contribution in [1.82, 2.24) is 5.32 Å². The normalized spacial score (nSPS) is 12.8. The lowest BCUT2D eigenvalue weighted by atomic mass is 9.99. The quantitative estimate of drug-likeness (QED) is 0.563. The Hall–Kier alpha value is -1.82. The van der Waals surface area contributed by atoms with Crippen LogP contribution in [0.3, 0.4) is 0 Å². The molecule has 1 aromatic carbocycles. The number of carbonyl (C=O) groups is 1. The van der Waals surface area contributed by atoms with Crippen LogP contribution >= 0.6 is 11.3 Å². The van der Waals surface area contributed by atoms with Gasteiger partial charge in [0.1, 0.15) is 0 Å². The maximum Gasteiger partial charge on any atom is 0.416 e. The smallest absolute Gasteiger partial charge is 0.351 e. The molecule has 0 aliphatic heterocycles. The molecular weight excluding hydrogens is 359 g/mol. The number of rotatable bonds is 8. The monoisotopic (exact) mass is 383 g/mol. The van der Waals surface area contributed by atoms with Crippen LogP contribution in [0.2, 0.25) is 0 Å². The molecule has 1 amide bonds. The highest BCUT2D eigenvalue weighted by Gasteiger charge is 2.30. The molecule has 0 bridgehead atoms. The second-order valence-corrected chi connectivity index (χ2v) is 7.45. The topological polar surface area (TPSA) is 29.1 Å². The highest BCUT2D eigenvalue weighted by Crippen LogP contribution is 2.34. The molecule has 2 rings (SSSR count). The van der Waals surface area contributed by atoms with E-state index in [1.165, 1.54) is 17.4 Å². The predicted molar refractivity (Wildman–Crippen MR) is 100 cm³/mol. The summed E-state index contributed by atoms with van der Waals surface area (Å²) in [5.41, 5.74) is -0.214. The molecule has 1 aromatic heterocycles. The average Bonchev–Trinajstić information content (AvgIpc) is 3.11. The summed E-state index contributed by atoms with van der Waals surface area (Å²) in [5, 5.41) is 2.95. The van der Waals surface area contributed by atoms with Gasteiger partial charge in [-0.2, -0.15) is 13.2 Å². The standard InChI is InChI=1S/C20H24F3NOS/c1-3-5-7-14(4-2)13-24-19(25)18-11-10-17(26-18)15-8-6-9-16(12-15)20(21,22)23/h6,8-12,14H,3-5,7,13H2,1-2H3,(H,24,25). The van der Waals surface area contributed by atoms with Gasteiger partial charge in [-0.3, -0.25) is 4.79 Å². The zero-order chi connectivity index (χ0) is 19.2. The second kappa shape index (κ2) is 9.21. The number of unbranched alkanes of at least 4 members (excludes halogenated alkanes) is 1. The fraction of sp³-hybridized carbons (Fsp3) is 0.450. The van der Waals surface area contributed by atoms with Gasteiger partial charge in [0.2, 0.25) is 0 Å². The number of nitrogens with one attached hydrogen (secondary N) is 1. The van der Waals surface area contributed by atoms with Gasteiger partial charge < -0.3 is 5.32 Å². The number of hydrogen-bond donors (Lipinski definition) is 1. The third-order valence-corrected chi connectivity index (χ3v) is 5.53. The summed E-state index contributed by atoms with van der Waals surface area (Å²) in [5.74, 6) is 0.296. The zero-order valence-electron chi connectivity index (χ0n) is 15.0. The van der Waals surface area contributed by atoms with E-state index in [1.54, 1.807) is 18.2 Å². The Labute approximate surface area is 156 Å². The van der Waals surface area contributed by atoms with Crippen molar-refractivity contribution in [1.29, 1.82) is 0 Å². The molecule has 2 nitrogen and oxygen atoms in total. The predicted octanol–water partition coefficient (Wildman–Crippen LogP) is 6.38. The lowest BCUT2D eigenvalue weighted by molar-refractivity contribution is -0.137. The van der Waals surface area contributed by atoms with E-state index in [1.807, 2.05) is 0 Å². The van der Waals surface area contributed by atoms with E-state index in [0.29, 0.717) is 27.8 Å². The van der Waals surface area contributed by atoms with E-state index in [4.69, 9.17) is 0 Å². The molecule has 0 fully saturated rings. The Morgan fingerprint density at radius 2 is 1.96 bits per heavy atom. The maximum atomic E-state index is 12.9. The van der Waals surface area contributed by atoms with Gasteiger partial charge in [0.15, 0.2) is 0 Å². The highest BCUT2D eigenvalue weighted by atomic mass is 32.1. The first-order valence-corrected chi connectivity index (χ1v) is 9.72. The van der Waals surface area contributed by atoms with Crippen molar-refractivity contribution in [3.63, 3.8) is 0 Å². The molecule has 0 aliphatic carbocycles. The van der Waals surface area contributed by atoms with Gasteiger partial charge in [0.25, 0.3) is 5.91 Å². The number of halogens is 3. The molecule has 2 aromatic rings. The third kappa shape index (κ3) is 5.59. The van der Waals surface area contributed by atoms with Gasteiger partial charge >= 0.3 is 6.18 Å².